The molecule has 0 fully saturated rings. The molecule has 0 aromatic heterocycles. The molecule has 0 spiro atoms. The number of carbonyl (C=O) groups excluding carboxylic acids is 1. The highest BCUT2D eigenvalue weighted by Gasteiger charge is 2.27. The van der Waals surface area contributed by atoms with Gasteiger partial charge in [0.15, 0.2) is 0 Å². The van der Waals surface area contributed by atoms with Crippen LogP contribution in [0.25, 0.3) is 0 Å². The van der Waals surface area contributed by atoms with Crippen molar-refractivity contribution in [3.8, 4) is 0 Å². The molecule has 0 saturated carbocycles. The summed E-state index contributed by atoms with van der Waals surface area (Å²) in [6.45, 7) is 5.32. The van der Waals surface area contributed by atoms with Crippen LogP contribution in [0.2, 0.25) is 0 Å². The number of hydrogen-bond donors (Lipinski definition) is 0. The Morgan fingerprint density at radius 2 is 1.67 bits per heavy atom. The normalized spacial score (nSPS) is 10.9. The van der Waals surface area contributed by atoms with Gasteiger partial charge in [-0.25, -0.2) is 13.2 Å². The zero-order valence-corrected chi connectivity index (χ0v) is 14.4. The molecule has 6 heteroatoms. The molecule has 0 atom stereocenters. The van der Waals surface area contributed by atoms with Gasteiger partial charge in [0.2, 0.25) is 0 Å². The summed E-state index contributed by atoms with van der Waals surface area (Å²) in [4.78, 5) is 11.8. The second kappa shape index (κ2) is 7.31. The smallest absolute Gasteiger partial charge is 0.334 e. The first-order valence-corrected chi connectivity index (χ1v) is 8.71. The number of benzene rings is 2. The molecule has 2 rings (SSSR count). The number of ether oxygens (including phenoxy) is 1. The summed E-state index contributed by atoms with van der Waals surface area (Å²) in [6, 6.07) is 15.1. The largest absolute Gasteiger partial charge is 0.466 e. The molecule has 0 unspecified atom stereocenters. The summed E-state index contributed by atoms with van der Waals surface area (Å²) < 4.78 is 31.8. The quantitative estimate of drug-likeness (QED) is 0.596. The van der Waals surface area contributed by atoms with Gasteiger partial charge in [0.1, 0.15) is 0 Å². The summed E-state index contributed by atoms with van der Waals surface area (Å²) >= 11 is 0. The van der Waals surface area contributed by atoms with Crippen molar-refractivity contribution >= 4 is 21.7 Å². The first-order valence-electron chi connectivity index (χ1n) is 7.27. The molecule has 5 nitrogen and oxygen atoms in total. The van der Waals surface area contributed by atoms with Gasteiger partial charge in [-0.1, -0.05) is 42.5 Å². The van der Waals surface area contributed by atoms with Crippen molar-refractivity contribution in [2.75, 3.05) is 18.0 Å². The minimum Gasteiger partial charge on any atom is -0.466 e. The monoisotopic (exact) mass is 345 g/mol. The summed E-state index contributed by atoms with van der Waals surface area (Å²) in [6.07, 6.45) is 0. The number of aryl methyl sites for hydroxylation is 1. The molecule has 0 amide bonds. The Morgan fingerprint density at radius 3 is 2.21 bits per heavy atom. The van der Waals surface area contributed by atoms with E-state index in [9.17, 15) is 13.2 Å². The minimum absolute atomic E-state index is 0.0528. The highest BCUT2D eigenvalue weighted by Crippen LogP contribution is 2.24. The highest BCUT2D eigenvalue weighted by molar-refractivity contribution is 7.92. The van der Waals surface area contributed by atoms with Crippen LogP contribution in [-0.2, 0) is 19.6 Å². The summed E-state index contributed by atoms with van der Waals surface area (Å²) in [5.74, 6) is -0.643. The maximum absolute atomic E-state index is 13.0. The van der Waals surface area contributed by atoms with Crippen LogP contribution in [0.1, 0.15) is 5.56 Å². The molecule has 0 heterocycles. The third-order valence-electron chi connectivity index (χ3n) is 3.46. The van der Waals surface area contributed by atoms with Gasteiger partial charge >= 0.3 is 5.97 Å². The predicted molar refractivity (Wildman–Crippen MR) is 93.3 cm³/mol. The fourth-order valence-corrected chi connectivity index (χ4v) is 3.59. The van der Waals surface area contributed by atoms with Crippen molar-refractivity contribution in [2.24, 2.45) is 0 Å². The van der Waals surface area contributed by atoms with Crippen LogP contribution < -0.4 is 4.31 Å². The lowest BCUT2D eigenvalue weighted by Crippen LogP contribution is -2.34. The lowest BCUT2D eigenvalue weighted by Gasteiger charge is -2.25. The fourth-order valence-electron chi connectivity index (χ4n) is 2.13. The molecule has 2 aromatic rings. The van der Waals surface area contributed by atoms with E-state index in [0.717, 1.165) is 9.87 Å². The van der Waals surface area contributed by atoms with Crippen molar-refractivity contribution in [3.05, 3.63) is 72.3 Å². The van der Waals surface area contributed by atoms with Crippen LogP contribution in [0, 0.1) is 6.92 Å². The lowest BCUT2D eigenvalue weighted by molar-refractivity contribution is -0.136. The standard InChI is InChI=1S/C18H19NO4S/c1-14-9-11-17(12-10-14)24(21,22)19(13-15(2)18(20)23-3)16-7-5-4-6-8-16/h4-12H,2,13H2,1,3H3. The van der Waals surface area contributed by atoms with Gasteiger partial charge in [-0.3, -0.25) is 4.31 Å². The van der Waals surface area contributed by atoms with Crippen LogP contribution >= 0.6 is 0 Å². The topological polar surface area (TPSA) is 63.7 Å². The number of carbonyl (C=O) groups is 1. The Morgan fingerprint density at radius 1 is 1.08 bits per heavy atom. The molecule has 0 saturated heterocycles. The van der Waals surface area contributed by atoms with Crippen molar-refractivity contribution in [1.82, 2.24) is 0 Å². The first kappa shape index (κ1) is 17.7. The van der Waals surface area contributed by atoms with E-state index in [1.54, 1.807) is 54.6 Å². The summed E-state index contributed by atoms with van der Waals surface area (Å²) in [5.41, 5.74) is 1.46. The van der Waals surface area contributed by atoms with Gasteiger partial charge in [-0.05, 0) is 31.2 Å². The van der Waals surface area contributed by atoms with Crippen molar-refractivity contribution in [3.63, 3.8) is 0 Å². The van der Waals surface area contributed by atoms with Crippen LogP contribution in [0.4, 0.5) is 5.69 Å². The molecule has 0 aliphatic rings. The number of hydrogen-bond acceptors (Lipinski definition) is 4. The number of rotatable bonds is 6. The zero-order valence-electron chi connectivity index (χ0n) is 13.6. The Hall–Kier alpha value is -2.60. The molecule has 0 radical (unpaired) electrons. The van der Waals surface area contributed by atoms with Crippen LogP contribution in [0.5, 0.6) is 0 Å². The number of methoxy groups -OCH3 is 1. The fraction of sp³-hybridized carbons (Fsp3) is 0.167. The Balaban J connectivity index is 2.47. The van der Waals surface area contributed by atoms with E-state index < -0.39 is 16.0 Å². The van der Waals surface area contributed by atoms with Crippen molar-refractivity contribution in [2.45, 2.75) is 11.8 Å². The minimum atomic E-state index is -3.84. The van der Waals surface area contributed by atoms with Crippen molar-refractivity contribution in [1.29, 1.82) is 0 Å². The van der Waals surface area contributed by atoms with Gasteiger partial charge in [-0.2, -0.15) is 0 Å². The number of nitrogens with zero attached hydrogens (tertiary/aromatic N) is 1. The van der Waals surface area contributed by atoms with E-state index in [2.05, 4.69) is 11.3 Å². The average molecular weight is 345 g/mol. The second-order valence-corrected chi connectivity index (χ2v) is 7.12. The Kier molecular flexibility index (Phi) is 5.41. The maximum atomic E-state index is 13.0. The first-order chi connectivity index (χ1) is 11.4. The van der Waals surface area contributed by atoms with E-state index in [0.29, 0.717) is 5.69 Å². The highest BCUT2D eigenvalue weighted by atomic mass is 32.2. The number of sulfonamides is 1. The Labute approximate surface area is 142 Å². The van der Waals surface area contributed by atoms with Gasteiger partial charge in [0, 0.05) is 0 Å². The number of anilines is 1. The van der Waals surface area contributed by atoms with Crippen molar-refractivity contribution < 1.29 is 17.9 Å². The van der Waals surface area contributed by atoms with Crippen LogP contribution in [-0.4, -0.2) is 28.0 Å². The van der Waals surface area contributed by atoms with Gasteiger partial charge in [0.05, 0.1) is 29.8 Å². The molecule has 0 N–H and O–H groups in total. The van der Waals surface area contributed by atoms with Crippen LogP contribution in [0.15, 0.2) is 71.6 Å². The molecular weight excluding hydrogens is 326 g/mol. The number of para-hydroxylation sites is 1. The van der Waals surface area contributed by atoms with Gasteiger partial charge in [0.25, 0.3) is 10.0 Å². The molecule has 0 bridgehead atoms. The third-order valence-corrected chi connectivity index (χ3v) is 5.25. The average Bonchev–Trinajstić information content (AvgIpc) is 2.59. The van der Waals surface area contributed by atoms with Gasteiger partial charge < -0.3 is 4.74 Å². The van der Waals surface area contributed by atoms with E-state index in [4.69, 9.17) is 0 Å². The van der Waals surface area contributed by atoms with E-state index in [1.165, 1.54) is 7.11 Å². The molecular formula is C18H19NO4S. The molecule has 24 heavy (non-hydrogen) atoms. The lowest BCUT2D eigenvalue weighted by atomic mass is 10.2. The van der Waals surface area contributed by atoms with E-state index >= 15 is 0 Å². The summed E-state index contributed by atoms with van der Waals surface area (Å²) in [7, 11) is -2.61. The molecule has 0 aliphatic heterocycles. The zero-order chi connectivity index (χ0) is 17.7. The SMILES string of the molecule is C=C(CN(c1ccccc1)S(=O)(=O)c1ccc(C)cc1)C(=O)OC. The molecule has 0 aliphatic carbocycles. The third kappa shape index (κ3) is 3.83. The molecule has 2 aromatic carbocycles. The van der Waals surface area contributed by atoms with Gasteiger partial charge in [-0.15, -0.1) is 0 Å². The second-order valence-electron chi connectivity index (χ2n) is 5.26. The predicted octanol–water partition coefficient (Wildman–Crippen LogP) is 2.92. The number of esters is 1. The Bertz CT molecular complexity index is 827. The maximum Gasteiger partial charge on any atom is 0.334 e. The molecule has 126 valence electrons. The summed E-state index contributed by atoms with van der Waals surface area (Å²) in [5, 5.41) is 0. The van der Waals surface area contributed by atoms with E-state index in [-0.39, 0.29) is 17.0 Å². The van der Waals surface area contributed by atoms with E-state index in [1.807, 2.05) is 6.92 Å². The van der Waals surface area contributed by atoms with Crippen LogP contribution in [0.3, 0.4) is 0 Å².